The first-order valence-corrected chi connectivity index (χ1v) is 4.30. The number of methoxy groups -OCH3 is 1. The Balaban J connectivity index is 3.45. The maximum absolute atomic E-state index is 12.4. The third-order valence-corrected chi connectivity index (χ3v) is 1.91. The van der Waals surface area contributed by atoms with Crippen molar-refractivity contribution in [3.63, 3.8) is 0 Å². The zero-order valence-corrected chi connectivity index (χ0v) is 8.69. The first-order valence-electron chi connectivity index (χ1n) is 4.30. The van der Waals surface area contributed by atoms with E-state index < -0.39 is 35.1 Å². The van der Waals surface area contributed by atoms with Crippen molar-refractivity contribution in [3.8, 4) is 0 Å². The van der Waals surface area contributed by atoms with Crippen molar-refractivity contribution < 1.29 is 35.9 Å². The van der Waals surface area contributed by atoms with Crippen molar-refractivity contribution in [1.29, 1.82) is 0 Å². The number of hydrogen-bond donors (Lipinski definition) is 0. The minimum absolute atomic E-state index is 0.00859. The predicted molar refractivity (Wildman–Crippen MR) is 45.6 cm³/mol. The van der Waals surface area contributed by atoms with Crippen molar-refractivity contribution in [2.75, 3.05) is 7.11 Å². The van der Waals surface area contributed by atoms with E-state index in [1.165, 1.54) is 0 Å². The molecule has 0 radical (unpaired) electrons. The van der Waals surface area contributed by atoms with Crippen LogP contribution >= 0.6 is 0 Å². The molecule has 0 fully saturated rings. The molecule has 1 aromatic rings. The standard InChI is InChI=1S/C9H5F6NO2/c1-18-7(17)6-2-4(8(10,11)12)5(3-16-6)9(13,14)15/h2-3H,1H3. The van der Waals surface area contributed by atoms with Gasteiger partial charge in [0.15, 0.2) is 0 Å². The van der Waals surface area contributed by atoms with Gasteiger partial charge in [0, 0.05) is 6.20 Å². The Hall–Kier alpha value is -1.80. The van der Waals surface area contributed by atoms with Crippen LogP contribution in [0.2, 0.25) is 0 Å². The fourth-order valence-corrected chi connectivity index (χ4v) is 1.13. The molecule has 9 heteroatoms. The number of rotatable bonds is 1. The zero-order chi connectivity index (χ0) is 14.1. The summed E-state index contributed by atoms with van der Waals surface area (Å²) in [6.45, 7) is 0. The van der Waals surface area contributed by atoms with Gasteiger partial charge in [-0.2, -0.15) is 26.3 Å². The van der Waals surface area contributed by atoms with Crippen LogP contribution in [0.15, 0.2) is 12.3 Å². The topological polar surface area (TPSA) is 39.2 Å². The van der Waals surface area contributed by atoms with E-state index in [-0.39, 0.29) is 12.3 Å². The van der Waals surface area contributed by atoms with Crippen molar-refractivity contribution >= 4 is 5.97 Å². The van der Waals surface area contributed by atoms with Gasteiger partial charge in [-0.3, -0.25) is 0 Å². The van der Waals surface area contributed by atoms with Crippen LogP contribution in [0.3, 0.4) is 0 Å². The van der Waals surface area contributed by atoms with Crippen LogP contribution in [0.1, 0.15) is 21.6 Å². The fraction of sp³-hybridized carbons (Fsp3) is 0.333. The summed E-state index contributed by atoms with van der Waals surface area (Å²) < 4.78 is 78.4. The van der Waals surface area contributed by atoms with Crippen molar-refractivity contribution in [2.45, 2.75) is 12.4 Å². The maximum Gasteiger partial charge on any atom is 0.418 e. The second-order valence-corrected chi connectivity index (χ2v) is 3.10. The van der Waals surface area contributed by atoms with Crippen LogP contribution in [0.4, 0.5) is 26.3 Å². The molecule has 0 atom stereocenters. The largest absolute Gasteiger partial charge is 0.464 e. The molecule has 1 rings (SSSR count). The highest BCUT2D eigenvalue weighted by atomic mass is 19.4. The fourth-order valence-electron chi connectivity index (χ4n) is 1.13. The van der Waals surface area contributed by atoms with E-state index >= 15 is 0 Å². The smallest absolute Gasteiger partial charge is 0.418 e. The van der Waals surface area contributed by atoms with E-state index in [0.717, 1.165) is 7.11 Å². The van der Waals surface area contributed by atoms with Crippen LogP contribution < -0.4 is 0 Å². The number of nitrogens with zero attached hydrogens (tertiary/aromatic N) is 1. The number of esters is 1. The Bertz CT molecular complexity index is 465. The number of aromatic nitrogens is 1. The Kier molecular flexibility index (Phi) is 3.54. The van der Waals surface area contributed by atoms with Gasteiger partial charge >= 0.3 is 18.3 Å². The lowest BCUT2D eigenvalue weighted by atomic mass is 10.1. The second kappa shape index (κ2) is 4.46. The lowest BCUT2D eigenvalue weighted by Gasteiger charge is -2.15. The Labute approximate surface area is 96.4 Å². The van der Waals surface area contributed by atoms with Gasteiger partial charge in [-0.1, -0.05) is 0 Å². The highest BCUT2D eigenvalue weighted by Crippen LogP contribution is 2.40. The van der Waals surface area contributed by atoms with Crippen LogP contribution in [0.25, 0.3) is 0 Å². The number of carbonyl (C=O) groups is 1. The SMILES string of the molecule is COC(=O)c1cc(C(F)(F)F)c(C(F)(F)F)cn1. The van der Waals surface area contributed by atoms with Gasteiger partial charge in [0.25, 0.3) is 0 Å². The molecular formula is C9H5F6NO2. The lowest BCUT2D eigenvalue weighted by molar-refractivity contribution is -0.162. The normalized spacial score (nSPS) is 12.4. The predicted octanol–water partition coefficient (Wildman–Crippen LogP) is 2.91. The average molecular weight is 273 g/mol. The van der Waals surface area contributed by atoms with Gasteiger partial charge in [0.1, 0.15) is 5.69 Å². The molecule has 18 heavy (non-hydrogen) atoms. The molecule has 0 aliphatic carbocycles. The average Bonchev–Trinajstić information content (AvgIpc) is 2.24. The summed E-state index contributed by atoms with van der Waals surface area (Å²) in [7, 11) is 0.870. The molecule has 0 aromatic carbocycles. The molecule has 0 bridgehead atoms. The molecule has 0 saturated carbocycles. The van der Waals surface area contributed by atoms with Gasteiger partial charge in [-0.25, -0.2) is 9.78 Å². The number of hydrogen-bond acceptors (Lipinski definition) is 3. The van der Waals surface area contributed by atoms with Gasteiger partial charge in [-0.15, -0.1) is 0 Å². The number of ether oxygens (including phenoxy) is 1. The van der Waals surface area contributed by atoms with E-state index in [0.29, 0.717) is 0 Å². The van der Waals surface area contributed by atoms with Crippen molar-refractivity contribution in [3.05, 3.63) is 29.1 Å². The maximum atomic E-state index is 12.4. The molecule has 0 spiro atoms. The van der Waals surface area contributed by atoms with E-state index in [1.54, 1.807) is 0 Å². The monoisotopic (exact) mass is 273 g/mol. The summed E-state index contributed by atoms with van der Waals surface area (Å²) in [4.78, 5) is 13.9. The quantitative estimate of drug-likeness (QED) is 0.583. The molecule has 3 nitrogen and oxygen atoms in total. The Morgan fingerprint density at radius 1 is 1.11 bits per heavy atom. The molecule has 1 heterocycles. The highest BCUT2D eigenvalue weighted by Gasteiger charge is 2.44. The summed E-state index contributed by atoms with van der Waals surface area (Å²) in [6, 6.07) is 0.00859. The first-order chi connectivity index (χ1) is 8.07. The van der Waals surface area contributed by atoms with Crippen LogP contribution in [-0.4, -0.2) is 18.1 Å². The molecule has 0 unspecified atom stereocenters. The molecular weight excluding hydrogens is 268 g/mol. The minimum Gasteiger partial charge on any atom is -0.464 e. The van der Waals surface area contributed by atoms with E-state index in [9.17, 15) is 31.1 Å². The van der Waals surface area contributed by atoms with E-state index in [2.05, 4.69) is 9.72 Å². The summed E-state index contributed by atoms with van der Waals surface area (Å²) in [6.07, 6.45) is -10.5. The molecule has 100 valence electrons. The number of pyridine rings is 1. The zero-order valence-electron chi connectivity index (χ0n) is 8.69. The minimum atomic E-state index is -5.25. The summed E-state index contributed by atoms with van der Waals surface area (Å²) in [5.41, 5.74) is -4.79. The van der Waals surface area contributed by atoms with Crippen molar-refractivity contribution in [1.82, 2.24) is 4.98 Å². The molecule has 0 aliphatic heterocycles. The molecule has 0 aliphatic rings. The summed E-state index contributed by atoms with van der Waals surface area (Å²) >= 11 is 0. The third kappa shape index (κ3) is 2.90. The molecule has 0 amide bonds. The van der Waals surface area contributed by atoms with Crippen LogP contribution in [-0.2, 0) is 17.1 Å². The van der Waals surface area contributed by atoms with Gasteiger partial charge in [-0.05, 0) is 6.07 Å². The molecule has 0 N–H and O–H groups in total. The van der Waals surface area contributed by atoms with Crippen LogP contribution in [0.5, 0.6) is 0 Å². The lowest BCUT2D eigenvalue weighted by Crippen LogP contribution is -2.19. The molecule has 1 aromatic heterocycles. The Morgan fingerprint density at radius 2 is 1.61 bits per heavy atom. The number of alkyl halides is 6. The van der Waals surface area contributed by atoms with Gasteiger partial charge < -0.3 is 4.74 Å². The Morgan fingerprint density at radius 3 is 2.00 bits per heavy atom. The number of halogens is 6. The number of carbonyl (C=O) groups excluding carboxylic acids is 1. The van der Waals surface area contributed by atoms with E-state index in [4.69, 9.17) is 0 Å². The van der Waals surface area contributed by atoms with Gasteiger partial charge in [0.2, 0.25) is 0 Å². The second-order valence-electron chi connectivity index (χ2n) is 3.10. The highest BCUT2D eigenvalue weighted by molar-refractivity contribution is 5.87. The molecule has 0 saturated heterocycles. The summed E-state index contributed by atoms with van der Waals surface area (Å²) in [5, 5.41) is 0. The first kappa shape index (κ1) is 14.3. The van der Waals surface area contributed by atoms with E-state index in [1.807, 2.05) is 0 Å². The summed E-state index contributed by atoms with van der Waals surface area (Å²) in [5.74, 6) is -1.26. The third-order valence-electron chi connectivity index (χ3n) is 1.91. The van der Waals surface area contributed by atoms with Crippen LogP contribution in [0, 0.1) is 0 Å². The van der Waals surface area contributed by atoms with Crippen molar-refractivity contribution in [2.24, 2.45) is 0 Å². The van der Waals surface area contributed by atoms with Gasteiger partial charge in [0.05, 0.1) is 18.2 Å².